The molecule has 4 aliphatic rings. The van der Waals surface area contributed by atoms with Gasteiger partial charge < -0.3 is 25.5 Å². The van der Waals surface area contributed by atoms with Crippen molar-refractivity contribution in [2.45, 2.75) is 63.7 Å². The second kappa shape index (κ2) is 22.9. The molecule has 2 atom stereocenters. The van der Waals surface area contributed by atoms with Crippen LogP contribution in [0.5, 0.6) is 5.75 Å². The largest absolute Gasteiger partial charge is 0.507 e. The molecule has 72 heavy (non-hydrogen) atoms. The molecule has 14 heteroatoms. The number of rotatable bonds is 10. The van der Waals surface area contributed by atoms with Crippen LogP contribution < -0.4 is 10.6 Å². The normalized spacial score (nSPS) is 18.4. The van der Waals surface area contributed by atoms with E-state index in [2.05, 4.69) is 32.6 Å². The van der Waals surface area contributed by atoms with E-state index in [1.807, 2.05) is 65.6 Å². The molecule has 11 nitrogen and oxygen atoms in total. The maximum absolute atomic E-state index is 13.4. The molecule has 372 valence electrons. The van der Waals surface area contributed by atoms with Gasteiger partial charge >= 0.3 is 0 Å². The van der Waals surface area contributed by atoms with Crippen LogP contribution in [0.2, 0.25) is 0 Å². The highest BCUT2D eigenvalue weighted by Crippen LogP contribution is 2.26. The van der Waals surface area contributed by atoms with Crippen LogP contribution in [-0.2, 0) is 22.7 Å². The molecule has 10 rings (SSSR count). The van der Waals surface area contributed by atoms with Gasteiger partial charge in [-0.05, 0) is 132 Å². The number of aromatic hydroxyl groups is 1. The van der Waals surface area contributed by atoms with Crippen molar-refractivity contribution in [2.75, 3.05) is 52.4 Å². The van der Waals surface area contributed by atoms with Crippen LogP contribution in [0.4, 0.5) is 13.2 Å². The monoisotopic (exact) mass is 976 g/mol. The molecule has 0 spiro atoms. The number of hydrogen-bond acceptors (Lipinski definition) is 7. The summed E-state index contributed by atoms with van der Waals surface area (Å²) in [5.74, 6) is -1.87. The number of carbonyl (C=O) groups excluding carboxylic acids is 4. The third-order valence-corrected chi connectivity index (χ3v) is 14.1. The molecule has 2 unspecified atom stereocenters. The Morgan fingerprint density at radius 2 is 0.944 bits per heavy atom. The summed E-state index contributed by atoms with van der Waals surface area (Å²) in [5.41, 5.74) is 5.21. The van der Waals surface area contributed by atoms with Gasteiger partial charge in [-0.1, -0.05) is 65.7 Å². The smallest absolute Gasteiger partial charge is 0.257 e. The van der Waals surface area contributed by atoms with Gasteiger partial charge in [0.15, 0.2) is 0 Å². The van der Waals surface area contributed by atoms with E-state index in [9.17, 15) is 37.5 Å². The van der Waals surface area contributed by atoms with Crippen molar-refractivity contribution in [1.29, 1.82) is 0 Å². The number of benzene rings is 6. The zero-order chi connectivity index (χ0) is 50.1. The third-order valence-electron chi connectivity index (χ3n) is 14.1. The van der Waals surface area contributed by atoms with Gasteiger partial charge in [0.1, 0.15) is 23.2 Å². The van der Waals surface area contributed by atoms with Crippen LogP contribution in [-0.4, -0.2) is 113 Å². The maximum atomic E-state index is 13.4. The lowest BCUT2D eigenvalue weighted by molar-refractivity contribution is -0.118. The maximum Gasteiger partial charge on any atom is 0.257 e. The first-order chi connectivity index (χ1) is 34.9. The topological polar surface area (TPSA) is 126 Å². The number of nitrogens with one attached hydrogen (secondary N) is 2. The summed E-state index contributed by atoms with van der Waals surface area (Å²) in [5, 5.41) is 20.0. The van der Waals surface area contributed by atoms with Gasteiger partial charge in [0.2, 0.25) is 11.8 Å². The second-order valence-electron chi connectivity index (χ2n) is 19.3. The third kappa shape index (κ3) is 13.0. The number of phenols is 1. The van der Waals surface area contributed by atoms with Gasteiger partial charge in [-0.25, -0.2) is 13.2 Å². The Bertz CT molecular complexity index is 3020. The van der Waals surface area contributed by atoms with E-state index in [1.165, 1.54) is 29.8 Å². The summed E-state index contributed by atoms with van der Waals surface area (Å²) < 4.78 is 40.0. The Morgan fingerprint density at radius 3 is 1.43 bits per heavy atom. The van der Waals surface area contributed by atoms with Crippen LogP contribution in [0, 0.1) is 17.5 Å². The molecule has 4 heterocycles. The minimum absolute atomic E-state index is 0.0394. The van der Waals surface area contributed by atoms with Gasteiger partial charge in [-0.15, -0.1) is 0 Å². The lowest BCUT2D eigenvalue weighted by atomic mass is 10.0. The number of phenolic OH excluding ortho intramolecular Hbond substituents is 1. The summed E-state index contributed by atoms with van der Waals surface area (Å²) >= 11 is 0. The summed E-state index contributed by atoms with van der Waals surface area (Å²) in [6.07, 6.45) is 7.78. The van der Waals surface area contributed by atoms with Crippen molar-refractivity contribution in [3.63, 3.8) is 0 Å². The molecule has 4 aliphatic heterocycles. The van der Waals surface area contributed by atoms with Crippen molar-refractivity contribution in [2.24, 2.45) is 0 Å². The van der Waals surface area contributed by atoms with E-state index in [1.54, 1.807) is 29.2 Å². The predicted molar refractivity (Wildman–Crippen MR) is 272 cm³/mol. The predicted octanol–water partition coefficient (Wildman–Crippen LogP) is 8.91. The summed E-state index contributed by atoms with van der Waals surface area (Å²) in [6, 6.07) is 34.8. The first-order valence-corrected chi connectivity index (χ1v) is 24.8. The number of halogens is 3. The molecule has 0 aliphatic carbocycles. The molecule has 6 aromatic carbocycles. The zero-order valence-corrected chi connectivity index (χ0v) is 40.2. The van der Waals surface area contributed by atoms with E-state index < -0.39 is 5.82 Å². The molecule has 3 N–H and O–H groups in total. The Labute approximate surface area is 417 Å². The first kappa shape index (κ1) is 49.7. The van der Waals surface area contributed by atoms with Crippen molar-refractivity contribution >= 4 is 45.2 Å². The minimum atomic E-state index is -0.596. The molecule has 0 bridgehead atoms. The molecule has 0 radical (unpaired) electrons. The van der Waals surface area contributed by atoms with Gasteiger partial charge in [0.25, 0.3) is 11.8 Å². The zero-order valence-electron chi connectivity index (χ0n) is 40.2. The van der Waals surface area contributed by atoms with Gasteiger partial charge in [0.05, 0.1) is 5.56 Å². The van der Waals surface area contributed by atoms with Gasteiger partial charge in [0, 0.05) is 101 Å². The van der Waals surface area contributed by atoms with E-state index in [0.717, 1.165) is 115 Å². The van der Waals surface area contributed by atoms with Crippen molar-refractivity contribution in [3.8, 4) is 5.75 Å². The molecule has 4 saturated heterocycles. The highest BCUT2D eigenvalue weighted by molar-refractivity contribution is 5.97. The van der Waals surface area contributed by atoms with E-state index in [0.29, 0.717) is 44.6 Å². The van der Waals surface area contributed by atoms with E-state index in [-0.39, 0.29) is 58.7 Å². The van der Waals surface area contributed by atoms with Crippen LogP contribution in [0.1, 0.15) is 70.4 Å². The first-order valence-electron chi connectivity index (χ1n) is 24.8. The molecular weight excluding hydrogens is 918 g/mol. The standard InChI is InChI=1S/C29H29F2N3O3.C29H30FN3O2/c30-23-4-3-21-13-20(1-2-22(21)15-23)17-33-10-9-25(18-33)32-28(36)14-19-7-11-34(12-8-19)29(37)26-6-5-24(31)16-27(26)35;30-26-9-8-24-16-22(6-7-25(24)18-26)19-32-13-12-27(20-32)31-28(34)17-21-10-14-33(15-11-21)29(35)23-4-2-1-3-5-23/h1-6,13-16,25,35H,7-12,17-18H2,(H,32,36);1-9,16-18,27H,10-15,19-20H2,(H,31,34). The minimum Gasteiger partial charge on any atom is -0.507 e. The Morgan fingerprint density at radius 1 is 0.514 bits per heavy atom. The van der Waals surface area contributed by atoms with Crippen molar-refractivity contribution in [3.05, 3.63) is 184 Å². The molecule has 4 amide bonds. The van der Waals surface area contributed by atoms with Crippen LogP contribution in [0.25, 0.3) is 21.5 Å². The fraction of sp³-hybridized carbons (Fsp3) is 0.310. The van der Waals surface area contributed by atoms with Crippen LogP contribution in [0.3, 0.4) is 0 Å². The number of carbonyl (C=O) groups is 4. The summed E-state index contributed by atoms with van der Waals surface area (Å²) in [4.78, 5) is 58.6. The molecule has 0 aromatic heterocycles. The number of hydrogen-bond donors (Lipinski definition) is 3. The highest BCUT2D eigenvalue weighted by atomic mass is 19.1. The summed E-state index contributed by atoms with van der Waals surface area (Å²) in [7, 11) is 0. The number of fused-ring (bicyclic) bond motifs is 2. The lowest BCUT2D eigenvalue weighted by Crippen LogP contribution is -2.38. The van der Waals surface area contributed by atoms with E-state index in [4.69, 9.17) is 0 Å². The van der Waals surface area contributed by atoms with Gasteiger partial charge in [-0.3, -0.25) is 29.0 Å². The number of amides is 4. The SMILES string of the molecule is O=C(C=C1CCN(C(=O)c2ccc(F)cc2O)CC1)NC1CCN(Cc2ccc3cc(F)ccc3c2)C1.O=C(C=C1CCN(C(=O)c2ccccc2)CC1)NC1CCN(Cc2ccc3cc(F)ccc3c2)C1. The Balaban J connectivity index is 0.000000178. The van der Waals surface area contributed by atoms with Crippen LogP contribution >= 0.6 is 0 Å². The molecule has 6 aromatic rings. The Kier molecular flexibility index (Phi) is 15.8. The fourth-order valence-electron chi connectivity index (χ4n) is 10.2. The van der Waals surface area contributed by atoms with Crippen LogP contribution in [0.15, 0.2) is 145 Å². The average molecular weight is 977 g/mol. The fourth-order valence-corrected chi connectivity index (χ4v) is 10.2. The molecule has 4 fully saturated rings. The van der Waals surface area contributed by atoms with E-state index >= 15 is 0 Å². The lowest BCUT2D eigenvalue weighted by Gasteiger charge is -2.28. The van der Waals surface area contributed by atoms with Gasteiger partial charge in [-0.2, -0.15) is 0 Å². The second-order valence-corrected chi connectivity index (χ2v) is 19.3. The van der Waals surface area contributed by atoms with Crippen molar-refractivity contribution < 1.29 is 37.5 Å². The average Bonchev–Trinajstić information content (AvgIpc) is 4.02. The molecular formula is C58H59F3N6O5. The Hall–Kier alpha value is -7.29. The molecule has 0 saturated carbocycles. The summed E-state index contributed by atoms with van der Waals surface area (Å²) in [6.45, 7) is 7.13. The highest BCUT2D eigenvalue weighted by Gasteiger charge is 2.27. The van der Waals surface area contributed by atoms with Crippen molar-refractivity contribution in [1.82, 2.24) is 30.2 Å². The number of likely N-dealkylation sites (tertiary alicyclic amines) is 4. The quantitative estimate of drug-likeness (QED) is 0.117. The number of nitrogens with zero attached hydrogens (tertiary/aromatic N) is 4. The number of piperidine rings is 2.